The molecule has 0 aromatic heterocycles. The summed E-state index contributed by atoms with van der Waals surface area (Å²) in [5.74, 6) is -2.99. The number of hydrogen-bond donors (Lipinski definition) is 2. The third-order valence-corrected chi connectivity index (χ3v) is 5.17. The first-order valence-electron chi connectivity index (χ1n) is 8.76. The fourth-order valence-electron chi connectivity index (χ4n) is 2.91. The van der Waals surface area contributed by atoms with Crippen LogP contribution in [0.4, 0.5) is 28.9 Å². The lowest BCUT2D eigenvalue weighted by atomic mass is 10.1. The molecule has 0 spiro atoms. The van der Waals surface area contributed by atoms with Gasteiger partial charge in [0.2, 0.25) is 0 Å². The van der Waals surface area contributed by atoms with Crippen LogP contribution in [0.15, 0.2) is 41.4 Å². The highest BCUT2D eigenvalue weighted by Crippen LogP contribution is 2.38. The zero-order valence-corrected chi connectivity index (χ0v) is 16.4. The number of alkyl halides is 4. The lowest BCUT2D eigenvalue weighted by Gasteiger charge is -2.28. The van der Waals surface area contributed by atoms with Crippen LogP contribution < -0.4 is 14.4 Å². The number of aromatic hydroxyl groups is 1. The van der Waals surface area contributed by atoms with Gasteiger partial charge in [-0.1, -0.05) is 0 Å². The molecule has 0 fully saturated rings. The van der Waals surface area contributed by atoms with E-state index in [-0.39, 0.29) is 23.0 Å². The Morgan fingerprint density at radius 1 is 1.10 bits per heavy atom. The second kappa shape index (κ2) is 9.77. The van der Waals surface area contributed by atoms with Crippen molar-refractivity contribution in [1.82, 2.24) is 0 Å². The van der Waals surface area contributed by atoms with Gasteiger partial charge >= 0.3 is 19.2 Å². The topological polar surface area (TPSA) is 91.6 Å². The van der Waals surface area contributed by atoms with Gasteiger partial charge in [-0.15, -0.1) is 11.8 Å². The Morgan fingerprint density at radius 2 is 1.74 bits per heavy atom. The van der Waals surface area contributed by atoms with E-state index in [1.165, 1.54) is 36.0 Å². The number of hydrogen-bond acceptors (Lipinski definition) is 7. The lowest BCUT2D eigenvalue weighted by molar-refractivity contribution is -0.0692. The summed E-state index contributed by atoms with van der Waals surface area (Å²) in [5.41, 5.74) is 1.88. The number of phenols is 1. The number of carboxylic acids is 1. The molecule has 1 aliphatic rings. The van der Waals surface area contributed by atoms with E-state index in [1.54, 1.807) is 10.4 Å². The molecule has 7 nitrogen and oxygen atoms in total. The van der Waals surface area contributed by atoms with E-state index in [9.17, 15) is 32.6 Å². The smallest absolute Gasteiger partial charge is 0.387 e. The predicted molar refractivity (Wildman–Crippen MR) is 107 cm³/mol. The maximum absolute atomic E-state index is 12.8. The van der Waals surface area contributed by atoms with Crippen LogP contribution in [-0.2, 0) is 0 Å². The van der Waals surface area contributed by atoms with Crippen molar-refractivity contribution in [2.45, 2.75) is 18.5 Å². The predicted octanol–water partition coefficient (Wildman–Crippen LogP) is 4.58. The highest BCUT2D eigenvalue weighted by molar-refractivity contribution is 8.12. The van der Waals surface area contributed by atoms with Crippen molar-refractivity contribution in [3.63, 3.8) is 0 Å². The summed E-state index contributed by atoms with van der Waals surface area (Å²) in [6.07, 6.45) is 0. The van der Waals surface area contributed by atoms with Crippen LogP contribution in [0.2, 0.25) is 0 Å². The van der Waals surface area contributed by atoms with Gasteiger partial charge in [0.05, 0.1) is 12.1 Å². The Hall–Kier alpha value is -3.15. The van der Waals surface area contributed by atoms with Gasteiger partial charge in [0.1, 0.15) is 11.3 Å². The van der Waals surface area contributed by atoms with E-state index in [0.717, 1.165) is 12.1 Å². The van der Waals surface area contributed by atoms with Crippen LogP contribution in [-0.4, -0.2) is 53.3 Å². The van der Waals surface area contributed by atoms with Crippen molar-refractivity contribution in [2.24, 2.45) is 4.99 Å². The quantitative estimate of drug-likeness (QED) is 0.530. The van der Waals surface area contributed by atoms with E-state index in [1.807, 2.05) is 0 Å². The molecule has 0 saturated carbocycles. The molecule has 0 radical (unpaired) electrons. The molecule has 12 heteroatoms. The first kappa shape index (κ1) is 22.5. The van der Waals surface area contributed by atoms with Gasteiger partial charge in [0.15, 0.2) is 11.5 Å². The van der Waals surface area contributed by atoms with Gasteiger partial charge in [0, 0.05) is 29.2 Å². The fraction of sp³-hybridized carbons (Fsp3) is 0.263. The van der Waals surface area contributed by atoms with Crippen molar-refractivity contribution in [3.8, 4) is 17.2 Å². The maximum Gasteiger partial charge on any atom is 0.387 e. The molecule has 0 bridgehead atoms. The molecule has 0 saturated heterocycles. The first-order chi connectivity index (χ1) is 14.7. The Bertz CT molecular complexity index is 968. The number of carboxylic acid groups (broad SMARTS) is 1. The normalized spacial score (nSPS) is 15.5. The largest absolute Gasteiger partial charge is 0.507 e. The summed E-state index contributed by atoms with van der Waals surface area (Å²) >= 11 is 1.43. The summed E-state index contributed by atoms with van der Waals surface area (Å²) in [6.45, 7) is -5.78. The molecule has 0 amide bonds. The van der Waals surface area contributed by atoms with Gasteiger partial charge in [-0.25, -0.2) is 4.79 Å². The summed E-state index contributed by atoms with van der Waals surface area (Å²) in [6, 6.07) is 7.36. The number of rotatable bonds is 9. The molecular formula is C19H16F4N2O5S. The number of nitrogens with zero attached hydrogens (tertiary/aromatic N) is 2. The first-order valence-corrected chi connectivity index (χ1v) is 9.70. The van der Waals surface area contributed by atoms with Gasteiger partial charge in [-0.05, 0) is 30.3 Å². The number of aromatic carboxylic acids is 1. The summed E-state index contributed by atoms with van der Waals surface area (Å²) in [4.78, 5) is 17.1. The minimum Gasteiger partial charge on any atom is -0.507 e. The van der Waals surface area contributed by atoms with E-state index in [4.69, 9.17) is 0 Å². The molecule has 0 aliphatic carbocycles. The zero-order valence-electron chi connectivity index (χ0n) is 15.6. The zero-order chi connectivity index (χ0) is 22.5. The molecule has 31 heavy (non-hydrogen) atoms. The second-order valence-electron chi connectivity index (χ2n) is 6.23. The van der Waals surface area contributed by atoms with Crippen LogP contribution in [0, 0.1) is 0 Å². The summed E-state index contributed by atoms with van der Waals surface area (Å²) in [7, 11) is 0. The van der Waals surface area contributed by atoms with Gasteiger partial charge in [-0.2, -0.15) is 17.6 Å². The highest BCUT2D eigenvalue weighted by Gasteiger charge is 2.23. The van der Waals surface area contributed by atoms with Crippen molar-refractivity contribution in [1.29, 1.82) is 0 Å². The average Bonchev–Trinajstić information content (AvgIpc) is 3.20. The SMILES string of the molecule is O=C(O)c1cc(N(CC2CN=CS2)c2ccc(OC(F)F)c(OC(F)F)c2)ccc1O. The number of aliphatic imine (C=N–C) groups is 1. The van der Waals surface area contributed by atoms with E-state index in [2.05, 4.69) is 14.5 Å². The molecule has 1 atom stereocenters. The number of anilines is 2. The maximum atomic E-state index is 12.8. The van der Waals surface area contributed by atoms with E-state index in [0.29, 0.717) is 12.2 Å². The Balaban J connectivity index is 2.04. The van der Waals surface area contributed by atoms with Crippen LogP contribution >= 0.6 is 11.8 Å². The fourth-order valence-corrected chi connectivity index (χ4v) is 3.66. The molecule has 2 aromatic carbocycles. The van der Waals surface area contributed by atoms with Gasteiger partial charge in [0.25, 0.3) is 0 Å². The number of ether oxygens (including phenoxy) is 2. The standard InChI is InChI=1S/C19H16F4N2O5S/c20-18(21)29-15-4-2-11(6-16(15)30-19(22)23)25(8-12-7-24-9-31-12)10-1-3-14(26)13(5-10)17(27)28/h1-6,9,12,18-19,26H,7-8H2,(H,27,28). The molecule has 2 N–H and O–H groups in total. The Labute approximate surface area is 177 Å². The minimum absolute atomic E-state index is 0.0430. The van der Waals surface area contributed by atoms with Gasteiger partial charge < -0.3 is 24.6 Å². The third-order valence-electron chi connectivity index (χ3n) is 4.22. The molecule has 1 unspecified atom stereocenters. The van der Waals surface area contributed by atoms with Crippen LogP contribution in [0.1, 0.15) is 10.4 Å². The number of thioether (sulfide) groups is 1. The van der Waals surface area contributed by atoms with Crippen LogP contribution in [0.5, 0.6) is 17.2 Å². The highest BCUT2D eigenvalue weighted by atomic mass is 32.2. The summed E-state index contributed by atoms with van der Waals surface area (Å²) < 4.78 is 59.5. The van der Waals surface area contributed by atoms with Crippen molar-refractivity contribution in [3.05, 3.63) is 42.0 Å². The molecule has 1 heterocycles. The molecule has 166 valence electrons. The molecule has 2 aromatic rings. The Kier molecular flexibility index (Phi) is 7.10. The van der Waals surface area contributed by atoms with Crippen molar-refractivity contribution in [2.75, 3.05) is 18.0 Å². The van der Waals surface area contributed by atoms with E-state index >= 15 is 0 Å². The lowest BCUT2D eigenvalue weighted by Crippen LogP contribution is -2.27. The van der Waals surface area contributed by atoms with Crippen LogP contribution in [0.3, 0.4) is 0 Å². The van der Waals surface area contributed by atoms with Gasteiger partial charge in [-0.3, -0.25) is 4.99 Å². The molecule has 1 aliphatic heterocycles. The van der Waals surface area contributed by atoms with Crippen molar-refractivity contribution >= 4 is 34.7 Å². The number of halogens is 4. The molecule has 3 rings (SSSR count). The van der Waals surface area contributed by atoms with E-state index < -0.39 is 36.4 Å². The average molecular weight is 460 g/mol. The monoisotopic (exact) mass is 460 g/mol. The molecular weight excluding hydrogens is 444 g/mol. The van der Waals surface area contributed by atoms with Crippen molar-refractivity contribution < 1.29 is 42.0 Å². The van der Waals surface area contributed by atoms with Crippen LogP contribution in [0.25, 0.3) is 0 Å². The summed E-state index contributed by atoms with van der Waals surface area (Å²) in [5, 5.41) is 19.0. The number of benzene rings is 2. The minimum atomic E-state index is -3.28. The Morgan fingerprint density at radius 3 is 2.35 bits per heavy atom. The number of carbonyl (C=O) groups is 1. The third kappa shape index (κ3) is 5.72. The second-order valence-corrected chi connectivity index (χ2v) is 7.38.